The lowest BCUT2D eigenvalue weighted by Gasteiger charge is -2.09. The molecule has 3 N–H and O–H groups in total. The fourth-order valence-corrected chi connectivity index (χ4v) is 1.54. The molecule has 0 aliphatic carbocycles. The number of fused-ring (bicyclic) bond motifs is 1. The Labute approximate surface area is 98.9 Å². The Morgan fingerprint density at radius 1 is 1.28 bits per heavy atom. The number of carbonyl (C=O) groups is 1. The summed E-state index contributed by atoms with van der Waals surface area (Å²) in [6, 6.07) is 3.93. The molecule has 0 saturated heterocycles. The van der Waals surface area contributed by atoms with E-state index in [9.17, 15) is 18.0 Å². The van der Waals surface area contributed by atoms with Gasteiger partial charge in [-0.15, -0.1) is 0 Å². The van der Waals surface area contributed by atoms with Crippen LogP contribution in [0.4, 0.5) is 18.9 Å². The minimum atomic E-state index is -4.51. The number of hydrogen-bond acceptors (Lipinski definition) is 3. The van der Waals surface area contributed by atoms with Gasteiger partial charge in [0.05, 0.1) is 11.1 Å². The summed E-state index contributed by atoms with van der Waals surface area (Å²) in [5, 5.41) is 9.04. The van der Waals surface area contributed by atoms with Gasteiger partial charge < -0.3 is 10.8 Å². The lowest BCUT2D eigenvalue weighted by Crippen LogP contribution is -2.06. The molecule has 1 aromatic heterocycles. The number of pyridine rings is 1. The smallest absolute Gasteiger partial charge is 0.416 e. The Bertz CT molecular complexity index is 638. The van der Waals surface area contributed by atoms with Gasteiger partial charge in [-0.25, -0.2) is 9.78 Å². The van der Waals surface area contributed by atoms with Crippen LogP contribution in [0.1, 0.15) is 16.1 Å². The van der Waals surface area contributed by atoms with Gasteiger partial charge in [-0.1, -0.05) is 6.07 Å². The van der Waals surface area contributed by atoms with Crippen LogP contribution in [0.3, 0.4) is 0 Å². The predicted octanol–water partition coefficient (Wildman–Crippen LogP) is 2.53. The zero-order valence-corrected chi connectivity index (χ0v) is 8.82. The summed E-state index contributed by atoms with van der Waals surface area (Å²) < 4.78 is 37.5. The van der Waals surface area contributed by atoms with E-state index >= 15 is 0 Å². The summed E-state index contributed by atoms with van der Waals surface area (Å²) in [5.41, 5.74) is 4.26. The van der Waals surface area contributed by atoms with Crippen molar-refractivity contribution < 1.29 is 23.1 Å². The number of alkyl halides is 3. The van der Waals surface area contributed by atoms with Gasteiger partial charge in [-0.3, -0.25) is 0 Å². The number of nitrogen functional groups attached to an aromatic ring is 1. The van der Waals surface area contributed by atoms with Crippen LogP contribution in [0.5, 0.6) is 0 Å². The molecule has 0 atom stereocenters. The maximum Gasteiger partial charge on any atom is 0.416 e. The van der Waals surface area contributed by atoms with E-state index in [0.29, 0.717) is 0 Å². The Hall–Kier alpha value is -2.31. The summed E-state index contributed by atoms with van der Waals surface area (Å²) in [5.74, 6) is -1.35. The van der Waals surface area contributed by atoms with Gasteiger partial charge in [-0.05, 0) is 18.2 Å². The molecule has 2 aromatic rings. The minimum Gasteiger partial charge on any atom is -0.477 e. The minimum absolute atomic E-state index is 0.0751. The maximum absolute atomic E-state index is 12.5. The number of carboxylic acids is 1. The van der Waals surface area contributed by atoms with E-state index in [2.05, 4.69) is 4.98 Å². The van der Waals surface area contributed by atoms with Gasteiger partial charge in [0.25, 0.3) is 0 Å². The Morgan fingerprint density at radius 2 is 1.94 bits per heavy atom. The van der Waals surface area contributed by atoms with Crippen molar-refractivity contribution in [3.05, 3.63) is 35.5 Å². The van der Waals surface area contributed by atoms with Crippen LogP contribution in [0.25, 0.3) is 10.9 Å². The van der Waals surface area contributed by atoms with Crippen LogP contribution >= 0.6 is 0 Å². The standard InChI is InChI=1S/C11H7F3N2O2/c12-11(13,14)5-1-2-6-7(15)4-9(10(17)18)16-8(6)3-5/h1-4H,(H2,15,16)(H,17,18). The van der Waals surface area contributed by atoms with Crippen molar-refractivity contribution in [1.29, 1.82) is 0 Å². The van der Waals surface area contributed by atoms with E-state index in [1.807, 2.05) is 0 Å². The monoisotopic (exact) mass is 256 g/mol. The molecule has 1 heterocycles. The molecule has 0 bridgehead atoms. The Balaban J connectivity index is 2.72. The van der Waals surface area contributed by atoms with Crippen LogP contribution in [-0.2, 0) is 6.18 Å². The molecule has 0 unspecified atom stereocenters. The number of carboxylic acid groups (broad SMARTS) is 1. The molecule has 1 aromatic carbocycles. The second-order valence-electron chi connectivity index (χ2n) is 3.63. The molecule has 0 saturated carbocycles. The number of aromatic carboxylic acids is 1. The van der Waals surface area contributed by atoms with Gasteiger partial charge in [0.15, 0.2) is 5.69 Å². The number of rotatable bonds is 1. The number of aromatic nitrogens is 1. The van der Waals surface area contributed by atoms with Crippen molar-refractivity contribution in [2.75, 3.05) is 5.73 Å². The number of halogens is 3. The number of benzene rings is 1. The third kappa shape index (κ3) is 2.06. The molecule has 0 amide bonds. The summed E-state index contributed by atoms with van der Waals surface area (Å²) in [6.45, 7) is 0. The third-order valence-corrected chi connectivity index (χ3v) is 2.39. The van der Waals surface area contributed by atoms with Crippen LogP contribution in [0.2, 0.25) is 0 Å². The molecule has 94 valence electrons. The van der Waals surface area contributed by atoms with Crippen molar-refractivity contribution in [3.63, 3.8) is 0 Å². The first kappa shape index (κ1) is 12.2. The Morgan fingerprint density at radius 3 is 2.50 bits per heavy atom. The molecule has 0 spiro atoms. The second kappa shape index (κ2) is 3.86. The highest BCUT2D eigenvalue weighted by Gasteiger charge is 2.30. The molecule has 2 rings (SSSR count). The fourth-order valence-electron chi connectivity index (χ4n) is 1.54. The quantitative estimate of drug-likeness (QED) is 0.822. The maximum atomic E-state index is 12.5. The van der Waals surface area contributed by atoms with Gasteiger partial charge in [0, 0.05) is 11.1 Å². The van der Waals surface area contributed by atoms with E-state index in [-0.39, 0.29) is 22.3 Å². The molecule has 7 heteroatoms. The van der Waals surface area contributed by atoms with E-state index in [1.54, 1.807) is 0 Å². The highest BCUT2D eigenvalue weighted by molar-refractivity contribution is 5.96. The second-order valence-corrected chi connectivity index (χ2v) is 3.63. The summed E-state index contributed by atoms with van der Waals surface area (Å²) in [6.07, 6.45) is -4.51. The predicted molar refractivity (Wildman–Crippen MR) is 58.1 cm³/mol. The molecular formula is C11H7F3N2O2. The number of hydrogen-bond donors (Lipinski definition) is 2. The normalized spacial score (nSPS) is 11.7. The molecular weight excluding hydrogens is 249 g/mol. The first-order valence-electron chi connectivity index (χ1n) is 4.80. The third-order valence-electron chi connectivity index (χ3n) is 2.39. The number of nitrogens with two attached hydrogens (primary N) is 1. The first-order valence-corrected chi connectivity index (χ1v) is 4.80. The van der Waals surface area contributed by atoms with Crippen LogP contribution < -0.4 is 5.73 Å². The average molecular weight is 256 g/mol. The number of nitrogens with zero attached hydrogens (tertiary/aromatic N) is 1. The summed E-state index contributed by atoms with van der Waals surface area (Å²) in [4.78, 5) is 14.4. The zero-order valence-electron chi connectivity index (χ0n) is 8.82. The lowest BCUT2D eigenvalue weighted by atomic mass is 10.1. The average Bonchev–Trinajstić information content (AvgIpc) is 2.26. The van der Waals surface area contributed by atoms with E-state index < -0.39 is 17.7 Å². The highest BCUT2D eigenvalue weighted by atomic mass is 19.4. The van der Waals surface area contributed by atoms with Crippen molar-refractivity contribution >= 4 is 22.6 Å². The van der Waals surface area contributed by atoms with Crippen LogP contribution in [-0.4, -0.2) is 16.1 Å². The molecule has 18 heavy (non-hydrogen) atoms. The summed E-state index contributed by atoms with van der Waals surface area (Å²) in [7, 11) is 0. The van der Waals surface area contributed by atoms with Crippen molar-refractivity contribution in [3.8, 4) is 0 Å². The Kier molecular flexibility index (Phi) is 2.61. The van der Waals surface area contributed by atoms with E-state index in [4.69, 9.17) is 10.8 Å². The zero-order chi connectivity index (χ0) is 13.5. The van der Waals surface area contributed by atoms with E-state index in [1.165, 1.54) is 6.07 Å². The van der Waals surface area contributed by atoms with Crippen molar-refractivity contribution in [2.24, 2.45) is 0 Å². The van der Waals surface area contributed by atoms with Gasteiger partial charge in [-0.2, -0.15) is 13.2 Å². The number of anilines is 1. The van der Waals surface area contributed by atoms with Crippen molar-refractivity contribution in [1.82, 2.24) is 4.98 Å². The SMILES string of the molecule is Nc1cc(C(=O)O)nc2cc(C(F)(F)F)ccc12. The summed E-state index contributed by atoms with van der Waals surface area (Å²) >= 11 is 0. The lowest BCUT2D eigenvalue weighted by molar-refractivity contribution is -0.137. The van der Waals surface area contributed by atoms with Gasteiger partial charge in [0.2, 0.25) is 0 Å². The molecule has 0 radical (unpaired) electrons. The molecule has 4 nitrogen and oxygen atoms in total. The van der Waals surface area contributed by atoms with Gasteiger partial charge >= 0.3 is 12.1 Å². The molecule has 0 aliphatic rings. The topological polar surface area (TPSA) is 76.2 Å². The first-order chi connectivity index (χ1) is 8.29. The van der Waals surface area contributed by atoms with E-state index in [0.717, 1.165) is 18.2 Å². The molecule has 0 fully saturated rings. The van der Waals surface area contributed by atoms with Crippen molar-refractivity contribution in [2.45, 2.75) is 6.18 Å². The van der Waals surface area contributed by atoms with Gasteiger partial charge in [0.1, 0.15) is 0 Å². The van der Waals surface area contributed by atoms with Crippen LogP contribution in [0.15, 0.2) is 24.3 Å². The van der Waals surface area contributed by atoms with Crippen LogP contribution in [0, 0.1) is 0 Å². The largest absolute Gasteiger partial charge is 0.477 e. The fraction of sp³-hybridized carbons (Fsp3) is 0.0909. The highest BCUT2D eigenvalue weighted by Crippen LogP contribution is 2.32. The molecule has 0 aliphatic heterocycles.